The second-order valence-electron chi connectivity index (χ2n) is 6.77. The summed E-state index contributed by atoms with van der Waals surface area (Å²) in [7, 11) is 0. The fourth-order valence-electron chi connectivity index (χ4n) is 2.76. The van der Waals surface area contributed by atoms with Gasteiger partial charge < -0.3 is 10.6 Å². The van der Waals surface area contributed by atoms with Crippen molar-refractivity contribution in [2.45, 2.75) is 13.8 Å². The second-order valence-corrected chi connectivity index (χ2v) is 8.04. The molecule has 5 nitrogen and oxygen atoms in total. The predicted octanol–water partition coefficient (Wildman–Crippen LogP) is 5.32. The molecule has 148 valence electrons. The fourth-order valence-corrected chi connectivity index (χ4v) is 3.47. The molecule has 3 rings (SSSR count). The Balaban J connectivity index is 1.71. The number of amides is 2. The molecule has 7 heteroatoms. The van der Waals surface area contributed by atoms with Crippen molar-refractivity contribution in [2.75, 3.05) is 10.6 Å². The average Bonchev–Trinajstić information content (AvgIpc) is 2.68. The van der Waals surface area contributed by atoms with Crippen LogP contribution in [-0.4, -0.2) is 16.9 Å². The maximum absolute atomic E-state index is 12.7. The number of rotatable bonds is 4. The van der Waals surface area contributed by atoms with Crippen LogP contribution in [0.25, 0.3) is 10.8 Å². The molecule has 0 aliphatic rings. The molecule has 0 saturated heterocycles. The van der Waals surface area contributed by atoms with Crippen molar-refractivity contribution >= 4 is 67.2 Å². The van der Waals surface area contributed by atoms with Crippen LogP contribution in [0.4, 0.5) is 11.4 Å². The molecule has 2 amide bonds. The van der Waals surface area contributed by atoms with E-state index in [0.717, 1.165) is 15.2 Å². The van der Waals surface area contributed by atoms with Gasteiger partial charge in [-0.05, 0) is 53.3 Å². The molecule has 0 atom stereocenters. The van der Waals surface area contributed by atoms with E-state index in [-0.39, 0.29) is 22.8 Å². The first-order valence-electron chi connectivity index (χ1n) is 9.05. The number of hydrogen-bond acceptors (Lipinski definition) is 3. The zero-order valence-corrected chi connectivity index (χ0v) is 18.4. The van der Waals surface area contributed by atoms with E-state index in [1.807, 2.05) is 44.2 Å². The van der Waals surface area contributed by atoms with Crippen molar-refractivity contribution in [2.24, 2.45) is 5.92 Å². The SMILES string of the molecule is CC(C)C(=O)Nc1cccc(NC(=S)NC(=O)c2cccc3c(Br)cccc23)c1. The van der Waals surface area contributed by atoms with E-state index in [1.54, 1.807) is 30.3 Å². The molecule has 0 fully saturated rings. The largest absolute Gasteiger partial charge is 0.332 e. The molecule has 0 unspecified atom stereocenters. The number of carbonyl (C=O) groups is 2. The highest BCUT2D eigenvalue weighted by molar-refractivity contribution is 9.10. The first-order valence-corrected chi connectivity index (χ1v) is 10.3. The van der Waals surface area contributed by atoms with Gasteiger partial charge in [-0.3, -0.25) is 14.9 Å². The number of benzene rings is 3. The highest BCUT2D eigenvalue weighted by Gasteiger charge is 2.13. The minimum Gasteiger partial charge on any atom is -0.332 e. The topological polar surface area (TPSA) is 70.2 Å². The van der Waals surface area contributed by atoms with E-state index in [2.05, 4.69) is 31.9 Å². The molecule has 0 aliphatic carbocycles. The number of halogens is 1. The van der Waals surface area contributed by atoms with Crippen LogP contribution in [0, 0.1) is 5.92 Å². The number of thiocarbonyl (C=S) groups is 1. The summed E-state index contributed by atoms with van der Waals surface area (Å²) in [6, 6.07) is 18.4. The molecule has 0 saturated carbocycles. The molecule has 3 N–H and O–H groups in total. The lowest BCUT2D eigenvalue weighted by Crippen LogP contribution is -2.34. The van der Waals surface area contributed by atoms with E-state index in [1.165, 1.54) is 0 Å². The Morgan fingerprint density at radius 3 is 2.24 bits per heavy atom. The number of carbonyl (C=O) groups excluding carboxylic acids is 2. The van der Waals surface area contributed by atoms with Crippen LogP contribution < -0.4 is 16.0 Å². The summed E-state index contributed by atoms with van der Waals surface area (Å²) >= 11 is 8.80. The molecular weight excluding hydrogens is 450 g/mol. The summed E-state index contributed by atoms with van der Waals surface area (Å²) in [5.74, 6) is -0.483. The lowest BCUT2D eigenvalue weighted by atomic mass is 10.0. The fraction of sp³-hybridized carbons (Fsp3) is 0.136. The van der Waals surface area contributed by atoms with Crippen LogP contribution in [0.2, 0.25) is 0 Å². The van der Waals surface area contributed by atoms with E-state index in [0.29, 0.717) is 16.9 Å². The lowest BCUT2D eigenvalue weighted by Gasteiger charge is -2.13. The number of nitrogens with one attached hydrogen (secondary N) is 3. The van der Waals surface area contributed by atoms with Crippen LogP contribution >= 0.6 is 28.1 Å². The molecule has 3 aromatic rings. The molecule has 0 aliphatic heterocycles. The molecule has 0 heterocycles. The maximum Gasteiger partial charge on any atom is 0.258 e. The zero-order valence-electron chi connectivity index (χ0n) is 16.0. The molecular formula is C22H20BrN3O2S. The highest BCUT2D eigenvalue weighted by atomic mass is 79.9. The van der Waals surface area contributed by atoms with Gasteiger partial charge >= 0.3 is 0 Å². The van der Waals surface area contributed by atoms with Crippen LogP contribution in [0.15, 0.2) is 65.1 Å². The first-order chi connectivity index (χ1) is 13.8. The van der Waals surface area contributed by atoms with Gasteiger partial charge in [-0.2, -0.15) is 0 Å². The summed E-state index contributed by atoms with van der Waals surface area (Å²) in [6.45, 7) is 3.65. The van der Waals surface area contributed by atoms with E-state index in [9.17, 15) is 9.59 Å². The van der Waals surface area contributed by atoms with Gasteiger partial charge in [0.15, 0.2) is 5.11 Å². The van der Waals surface area contributed by atoms with Crippen LogP contribution in [0.5, 0.6) is 0 Å². The first kappa shape index (κ1) is 21.0. The van der Waals surface area contributed by atoms with Crippen LogP contribution in [0.3, 0.4) is 0 Å². The molecule has 0 aromatic heterocycles. The van der Waals surface area contributed by atoms with Gasteiger partial charge in [0.25, 0.3) is 5.91 Å². The predicted molar refractivity (Wildman–Crippen MR) is 125 cm³/mol. The Morgan fingerprint density at radius 2 is 1.52 bits per heavy atom. The number of fused-ring (bicyclic) bond motifs is 1. The van der Waals surface area contributed by atoms with E-state index < -0.39 is 0 Å². The van der Waals surface area contributed by atoms with Crippen molar-refractivity contribution in [3.05, 3.63) is 70.7 Å². The van der Waals surface area contributed by atoms with Gasteiger partial charge in [0, 0.05) is 27.3 Å². The van der Waals surface area contributed by atoms with Crippen molar-refractivity contribution in [1.29, 1.82) is 0 Å². The quantitative estimate of drug-likeness (QED) is 0.452. The summed E-state index contributed by atoms with van der Waals surface area (Å²) in [5, 5.41) is 10.5. The number of anilines is 2. The van der Waals surface area contributed by atoms with Crippen molar-refractivity contribution in [1.82, 2.24) is 5.32 Å². The summed E-state index contributed by atoms with van der Waals surface area (Å²) in [6.07, 6.45) is 0. The third kappa shape index (κ3) is 5.19. The van der Waals surface area contributed by atoms with Crippen LogP contribution in [-0.2, 0) is 4.79 Å². The standard InChI is InChI=1S/C22H20BrN3O2S/c1-13(2)20(27)24-14-6-3-7-15(12-14)25-22(29)26-21(28)18-10-4-9-17-16(18)8-5-11-19(17)23/h3-13H,1-2H3,(H,24,27)(H2,25,26,28,29). The Labute approximate surface area is 183 Å². The molecule has 29 heavy (non-hydrogen) atoms. The average molecular weight is 470 g/mol. The van der Waals surface area contributed by atoms with Gasteiger partial charge in [0.05, 0.1) is 0 Å². The summed E-state index contributed by atoms with van der Waals surface area (Å²) < 4.78 is 0.922. The van der Waals surface area contributed by atoms with Gasteiger partial charge in [-0.25, -0.2) is 0 Å². The smallest absolute Gasteiger partial charge is 0.258 e. The Kier molecular flexibility index (Phi) is 6.61. The van der Waals surface area contributed by atoms with Crippen molar-refractivity contribution < 1.29 is 9.59 Å². The number of hydrogen-bond donors (Lipinski definition) is 3. The zero-order chi connectivity index (χ0) is 21.0. The Bertz CT molecular complexity index is 1100. The second kappa shape index (κ2) is 9.15. The van der Waals surface area contributed by atoms with Gasteiger partial charge in [0.1, 0.15) is 0 Å². The maximum atomic E-state index is 12.7. The van der Waals surface area contributed by atoms with Gasteiger partial charge in [-0.15, -0.1) is 0 Å². The normalized spacial score (nSPS) is 10.6. The Morgan fingerprint density at radius 1 is 0.897 bits per heavy atom. The lowest BCUT2D eigenvalue weighted by molar-refractivity contribution is -0.118. The molecule has 3 aromatic carbocycles. The minimum absolute atomic E-state index is 0.0693. The Hall–Kier alpha value is -2.77. The molecule has 0 radical (unpaired) electrons. The highest BCUT2D eigenvalue weighted by Crippen LogP contribution is 2.26. The minimum atomic E-state index is -0.296. The van der Waals surface area contributed by atoms with E-state index >= 15 is 0 Å². The van der Waals surface area contributed by atoms with E-state index in [4.69, 9.17) is 12.2 Å². The van der Waals surface area contributed by atoms with Gasteiger partial charge in [0.2, 0.25) is 5.91 Å². The van der Waals surface area contributed by atoms with Crippen molar-refractivity contribution in [3.63, 3.8) is 0 Å². The van der Waals surface area contributed by atoms with Gasteiger partial charge in [-0.1, -0.05) is 60.1 Å². The third-order valence-electron chi connectivity index (χ3n) is 4.25. The van der Waals surface area contributed by atoms with Crippen molar-refractivity contribution in [3.8, 4) is 0 Å². The monoisotopic (exact) mass is 469 g/mol. The van der Waals surface area contributed by atoms with Crippen LogP contribution in [0.1, 0.15) is 24.2 Å². The molecule has 0 spiro atoms. The summed E-state index contributed by atoms with van der Waals surface area (Å²) in [5.41, 5.74) is 1.85. The summed E-state index contributed by atoms with van der Waals surface area (Å²) in [4.78, 5) is 24.6. The third-order valence-corrected chi connectivity index (χ3v) is 5.15. The molecule has 0 bridgehead atoms.